The van der Waals surface area contributed by atoms with Gasteiger partial charge in [-0.05, 0) is 36.2 Å². The molecule has 0 bridgehead atoms. The second-order valence-corrected chi connectivity index (χ2v) is 8.43. The minimum absolute atomic E-state index is 0.0348. The number of ether oxygens (including phenoxy) is 3. The Hall–Kier alpha value is -3.06. The van der Waals surface area contributed by atoms with E-state index < -0.39 is 0 Å². The van der Waals surface area contributed by atoms with Gasteiger partial charge in [-0.3, -0.25) is 4.79 Å². The van der Waals surface area contributed by atoms with E-state index in [1.807, 2.05) is 52.7 Å². The molecule has 7 heteroatoms. The summed E-state index contributed by atoms with van der Waals surface area (Å²) in [5, 5.41) is 2.83. The van der Waals surface area contributed by atoms with Crippen molar-refractivity contribution in [1.29, 1.82) is 0 Å². The van der Waals surface area contributed by atoms with Crippen LogP contribution in [-0.2, 0) is 13.2 Å². The van der Waals surface area contributed by atoms with Gasteiger partial charge < -0.3 is 19.1 Å². The molecule has 0 spiro atoms. The minimum Gasteiger partial charge on any atom is -0.497 e. The third-order valence-electron chi connectivity index (χ3n) is 4.56. The van der Waals surface area contributed by atoms with E-state index in [1.165, 1.54) is 11.3 Å². The minimum atomic E-state index is -0.0348. The number of amides is 1. The van der Waals surface area contributed by atoms with Gasteiger partial charge in [-0.2, -0.15) is 0 Å². The molecule has 0 saturated heterocycles. The first-order chi connectivity index (χ1) is 15.0. The quantitative estimate of drug-likeness (QED) is 0.442. The van der Waals surface area contributed by atoms with Crippen LogP contribution in [0.25, 0.3) is 0 Å². The third-order valence-corrected chi connectivity index (χ3v) is 5.43. The molecule has 164 valence electrons. The van der Waals surface area contributed by atoms with Crippen LogP contribution in [-0.4, -0.2) is 36.6 Å². The van der Waals surface area contributed by atoms with Crippen molar-refractivity contribution in [1.82, 2.24) is 9.88 Å². The van der Waals surface area contributed by atoms with Crippen LogP contribution < -0.4 is 14.2 Å². The van der Waals surface area contributed by atoms with Crippen molar-refractivity contribution in [2.45, 2.75) is 27.0 Å². The van der Waals surface area contributed by atoms with Gasteiger partial charge in [0, 0.05) is 17.5 Å². The molecule has 0 atom stereocenters. The van der Waals surface area contributed by atoms with Crippen molar-refractivity contribution in [3.8, 4) is 17.2 Å². The van der Waals surface area contributed by atoms with Crippen LogP contribution in [0.2, 0.25) is 0 Å². The van der Waals surface area contributed by atoms with Gasteiger partial charge in [-0.25, -0.2) is 4.98 Å². The van der Waals surface area contributed by atoms with Gasteiger partial charge in [0.1, 0.15) is 17.4 Å². The van der Waals surface area contributed by atoms with E-state index in [-0.39, 0.29) is 5.91 Å². The Morgan fingerprint density at radius 2 is 1.84 bits per heavy atom. The van der Waals surface area contributed by atoms with E-state index in [1.54, 1.807) is 20.3 Å². The molecular formula is C24H28N2O4S. The zero-order chi connectivity index (χ0) is 22.2. The first-order valence-electron chi connectivity index (χ1n) is 10.1. The van der Waals surface area contributed by atoms with Gasteiger partial charge in [0.2, 0.25) is 0 Å². The molecule has 6 nitrogen and oxygen atoms in total. The second kappa shape index (κ2) is 10.8. The molecule has 0 fully saturated rings. The summed E-state index contributed by atoms with van der Waals surface area (Å²) in [5.74, 6) is 2.33. The molecule has 0 unspecified atom stereocenters. The van der Waals surface area contributed by atoms with E-state index >= 15 is 0 Å². The number of nitrogens with zero attached hydrogens (tertiary/aromatic N) is 2. The molecule has 3 rings (SSSR count). The van der Waals surface area contributed by atoms with Crippen LogP contribution in [0.4, 0.5) is 0 Å². The molecule has 1 amide bonds. The molecule has 0 saturated carbocycles. The van der Waals surface area contributed by atoms with Crippen molar-refractivity contribution in [2.75, 3.05) is 20.8 Å². The fraction of sp³-hybridized carbons (Fsp3) is 0.333. The summed E-state index contributed by atoms with van der Waals surface area (Å²) >= 11 is 1.52. The zero-order valence-electron chi connectivity index (χ0n) is 18.3. The van der Waals surface area contributed by atoms with Crippen molar-refractivity contribution in [3.05, 3.63) is 70.2 Å². The lowest BCUT2D eigenvalue weighted by Crippen LogP contribution is -2.33. The lowest BCUT2D eigenvalue weighted by molar-refractivity contribution is 0.0720. The lowest BCUT2D eigenvalue weighted by atomic mass is 10.1. The molecular weight excluding hydrogens is 412 g/mol. The largest absolute Gasteiger partial charge is 0.497 e. The summed E-state index contributed by atoms with van der Waals surface area (Å²) in [6.07, 6.45) is 0. The number of benzene rings is 2. The van der Waals surface area contributed by atoms with Gasteiger partial charge in [0.15, 0.2) is 11.5 Å². The van der Waals surface area contributed by atoms with Crippen LogP contribution in [0, 0.1) is 5.92 Å². The summed E-state index contributed by atoms with van der Waals surface area (Å²) in [4.78, 5) is 19.7. The number of hydrogen-bond acceptors (Lipinski definition) is 6. The zero-order valence-corrected chi connectivity index (χ0v) is 19.1. The highest BCUT2D eigenvalue weighted by Gasteiger charge is 2.19. The number of thiazole rings is 1. The Balaban J connectivity index is 1.69. The highest BCUT2D eigenvalue weighted by Crippen LogP contribution is 2.27. The maximum Gasteiger partial charge on any atom is 0.254 e. The van der Waals surface area contributed by atoms with E-state index in [0.29, 0.717) is 48.4 Å². The summed E-state index contributed by atoms with van der Waals surface area (Å²) in [7, 11) is 3.21. The highest BCUT2D eigenvalue weighted by molar-refractivity contribution is 7.09. The Kier molecular flexibility index (Phi) is 7.89. The molecule has 2 aromatic carbocycles. The maximum atomic E-state index is 13.1. The Morgan fingerprint density at radius 1 is 1.06 bits per heavy atom. The molecule has 31 heavy (non-hydrogen) atoms. The molecule has 1 aromatic heterocycles. The molecule has 0 aliphatic heterocycles. The van der Waals surface area contributed by atoms with Crippen LogP contribution in [0.3, 0.4) is 0 Å². The Labute approximate surface area is 187 Å². The molecule has 0 N–H and O–H groups in total. The monoisotopic (exact) mass is 440 g/mol. The summed E-state index contributed by atoms with van der Waals surface area (Å²) in [6.45, 7) is 5.62. The maximum absolute atomic E-state index is 13.1. The fourth-order valence-corrected chi connectivity index (χ4v) is 3.86. The highest BCUT2D eigenvalue weighted by atomic mass is 32.1. The number of rotatable bonds is 10. The number of hydrogen-bond donors (Lipinski definition) is 0. The Bertz CT molecular complexity index is 1000. The normalized spacial score (nSPS) is 10.7. The third kappa shape index (κ3) is 6.21. The van der Waals surface area contributed by atoms with Gasteiger partial charge in [-0.1, -0.05) is 32.0 Å². The Morgan fingerprint density at radius 3 is 2.55 bits per heavy atom. The van der Waals surface area contributed by atoms with Crippen LogP contribution in [0.1, 0.15) is 34.9 Å². The topological polar surface area (TPSA) is 60.9 Å². The average molecular weight is 441 g/mol. The van der Waals surface area contributed by atoms with Crippen molar-refractivity contribution < 1.29 is 19.0 Å². The fourth-order valence-electron chi connectivity index (χ4n) is 3.16. The van der Waals surface area contributed by atoms with Crippen molar-refractivity contribution >= 4 is 17.2 Å². The summed E-state index contributed by atoms with van der Waals surface area (Å²) in [5.41, 5.74) is 1.45. The molecule has 1 heterocycles. The van der Waals surface area contributed by atoms with E-state index in [4.69, 9.17) is 14.2 Å². The predicted octanol–water partition coefficient (Wildman–Crippen LogP) is 5.04. The molecule has 0 aliphatic carbocycles. The first-order valence-corrected chi connectivity index (χ1v) is 11.0. The number of methoxy groups -OCH3 is 2. The van der Waals surface area contributed by atoms with Crippen molar-refractivity contribution in [2.24, 2.45) is 5.92 Å². The predicted molar refractivity (Wildman–Crippen MR) is 122 cm³/mol. The van der Waals surface area contributed by atoms with Gasteiger partial charge in [0.05, 0.1) is 26.5 Å². The summed E-state index contributed by atoms with van der Waals surface area (Å²) in [6, 6.07) is 14.8. The number of carbonyl (C=O) groups is 1. The molecule has 3 aromatic rings. The van der Waals surface area contributed by atoms with Gasteiger partial charge in [0.25, 0.3) is 5.91 Å². The van der Waals surface area contributed by atoms with Gasteiger partial charge >= 0.3 is 0 Å². The lowest BCUT2D eigenvalue weighted by Gasteiger charge is -2.24. The van der Waals surface area contributed by atoms with Crippen LogP contribution in [0.5, 0.6) is 17.2 Å². The summed E-state index contributed by atoms with van der Waals surface area (Å²) < 4.78 is 16.4. The number of carbonyl (C=O) groups excluding carboxylic acids is 1. The van der Waals surface area contributed by atoms with E-state index in [0.717, 1.165) is 10.7 Å². The molecule has 0 aliphatic rings. The smallest absolute Gasteiger partial charge is 0.254 e. The van der Waals surface area contributed by atoms with Crippen LogP contribution in [0.15, 0.2) is 53.9 Å². The van der Waals surface area contributed by atoms with Gasteiger partial charge in [-0.15, -0.1) is 11.3 Å². The SMILES string of the molecule is COc1cccc(C(=O)N(Cc2csc(COc3ccccc3OC)n2)CC(C)C)c1. The van der Waals surface area contributed by atoms with E-state index in [9.17, 15) is 4.79 Å². The number of para-hydroxylation sites is 2. The molecule has 0 radical (unpaired) electrons. The van der Waals surface area contributed by atoms with E-state index in [2.05, 4.69) is 18.8 Å². The average Bonchev–Trinajstić information content (AvgIpc) is 3.24. The second-order valence-electron chi connectivity index (χ2n) is 7.48. The van der Waals surface area contributed by atoms with Crippen LogP contribution >= 0.6 is 11.3 Å². The standard InChI is InChI=1S/C24H28N2O4S/c1-17(2)13-26(24(27)18-8-7-9-20(12-18)28-3)14-19-16-31-23(25-19)15-30-22-11-6-5-10-21(22)29-4/h5-12,16-17H,13-15H2,1-4H3. The number of aromatic nitrogens is 1. The van der Waals surface area contributed by atoms with Crippen molar-refractivity contribution in [3.63, 3.8) is 0 Å². The first kappa shape index (κ1) is 22.6.